The van der Waals surface area contributed by atoms with Crippen LogP contribution < -0.4 is 5.32 Å². The van der Waals surface area contributed by atoms with Crippen molar-refractivity contribution in [2.45, 2.75) is 41.0 Å². The molecule has 0 aromatic carbocycles. The van der Waals surface area contributed by atoms with Crippen LogP contribution in [0.25, 0.3) is 0 Å². The molecule has 0 saturated carbocycles. The molecule has 0 atom stereocenters. The second-order valence-corrected chi connectivity index (χ2v) is 2.94. The average Bonchev–Trinajstić information content (AvgIpc) is 2.19. The maximum absolute atomic E-state index is 3.11. The van der Waals surface area contributed by atoms with Crippen LogP contribution >= 0.6 is 11.8 Å². The first kappa shape index (κ1) is 18.2. The molecule has 0 aliphatic rings. The van der Waals surface area contributed by atoms with Gasteiger partial charge >= 0.3 is 0 Å². The Kier molecular flexibility index (Phi) is 45.7. The van der Waals surface area contributed by atoms with E-state index in [1.165, 1.54) is 17.9 Å². The number of hydrogen-bond acceptors (Lipinski definition) is 2. The second-order valence-electron chi connectivity index (χ2n) is 1.72. The largest absolute Gasteiger partial charge is 0.319 e. The Morgan fingerprint density at radius 2 is 1.50 bits per heavy atom. The van der Waals surface area contributed by atoms with Crippen molar-refractivity contribution in [1.29, 1.82) is 0 Å². The summed E-state index contributed by atoms with van der Waals surface area (Å²) < 4.78 is 0. The first-order valence-electron chi connectivity index (χ1n) is 5.14. The lowest BCUT2D eigenvalue weighted by molar-refractivity contribution is 0.871. The van der Waals surface area contributed by atoms with Crippen LogP contribution in [0, 0.1) is 0 Å². The molecule has 0 amide bonds. The Labute approximate surface area is 83.7 Å². The zero-order valence-electron chi connectivity index (χ0n) is 9.74. The third-order valence-corrected chi connectivity index (χ3v) is 2.03. The first-order valence-corrected chi connectivity index (χ1v) is 6.29. The van der Waals surface area contributed by atoms with Gasteiger partial charge in [-0.15, -0.1) is 0 Å². The van der Waals surface area contributed by atoms with Gasteiger partial charge in [-0.25, -0.2) is 0 Å². The molecule has 0 aliphatic heterocycles. The number of thioether (sulfide) groups is 1. The molecule has 12 heavy (non-hydrogen) atoms. The predicted molar refractivity (Wildman–Crippen MR) is 64.2 cm³/mol. The van der Waals surface area contributed by atoms with Gasteiger partial charge in [0.25, 0.3) is 0 Å². The molecule has 0 heterocycles. The van der Waals surface area contributed by atoms with Crippen molar-refractivity contribution < 1.29 is 0 Å². The van der Waals surface area contributed by atoms with Gasteiger partial charge in [0.1, 0.15) is 0 Å². The third kappa shape index (κ3) is 31.7. The molecular formula is C10H27NS. The van der Waals surface area contributed by atoms with E-state index in [-0.39, 0.29) is 0 Å². The fourth-order valence-electron chi connectivity index (χ4n) is 0.421. The van der Waals surface area contributed by atoms with Gasteiger partial charge in [0.2, 0.25) is 0 Å². The first-order chi connectivity index (χ1) is 5.91. The van der Waals surface area contributed by atoms with E-state index in [1.54, 1.807) is 0 Å². The van der Waals surface area contributed by atoms with Gasteiger partial charge in [-0.3, -0.25) is 0 Å². The van der Waals surface area contributed by atoms with Crippen LogP contribution in [0.5, 0.6) is 0 Å². The maximum Gasteiger partial charge on any atom is 0.00579 e. The summed E-state index contributed by atoms with van der Waals surface area (Å²) in [5.74, 6) is 2.56. The molecular weight excluding hydrogens is 166 g/mol. The molecule has 78 valence electrons. The summed E-state index contributed by atoms with van der Waals surface area (Å²) in [6.07, 6.45) is 1.30. The molecule has 0 bridgehead atoms. The van der Waals surface area contributed by atoms with Gasteiger partial charge in [-0.05, 0) is 19.2 Å². The Hall–Kier alpha value is 0.310. The Balaban J connectivity index is -0.000000175. The van der Waals surface area contributed by atoms with Crippen LogP contribution in [0.1, 0.15) is 41.0 Å². The molecule has 0 aromatic heterocycles. The molecule has 0 rings (SSSR count). The summed E-state index contributed by atoms with van der Waals surface area (Å²) in [4.78, 5) is 0. The Morgan fingerprint density at radius 3 is 1.83 bits per heavy atom. The van der Waals surface area contributed by atoms with Crippen LogP contribution in [0.3, 0.4) is 0 Å². The molecule has 0 saturated heterocycles. The molecule has 0 spiro atoms. The van der Waals surface area contributed by atoms with E-state index >= 15 is 0 Å². The highest BCUT2D eigenvalue weighted by molar-refractivity contribution is 7.99. The lowest BCUT2D eigenvalue weighted by atomic mass is 10.6. The summed E-state index contributed by atoms with van der Waals surface area (Å²) in [5, 5.41) is 3.11. The minimum Gasteiger partial charge on any atom is -0.319 e. The highest BCUT2D eigenvalue weighted by Gasteiger charge is 1.82. The molecule has 0 unspecified atom stereocenters. The summed E-state index contributed by atoms with van der Waals surface area (Å²) in [5.41, 5.74) is 0. The normalized spacial score (nSPS) is 7.50. The van der Waals surface area contributed by atoms with E-state index in [4.69, 9.17) is 0 Å². The third-order valence-electron chi connectivity index (χ3n) is 0.845. The fourth-order valence-corrected chi connectivity index (χ4v) is 1.26. The smallest absolute Gasteiger partial charge is 0.00579 e. The van der Waals surface area contributed by atoms with Crippen LogP contribution in [0.2, 0.25) is 0 Å². The maximum atomic E-state index is 3.11. The number of rotatable bonds is 5. The topological polar surface area (TPSA) is 12.0 Å². The SMILES string of the molecule is CC.CC.CCCSCCNC. The predicted octanol–water partition coefficient (Wildman–Crippen LogP) is 3.40. The molecule has 0 aromatic rings. The monoisotopic (exact) mass is 193 g/mol. The molecule has 1 N–H and O–H groups in total. The average molecular weight is 193 g/mol. The number of hydrogen-bond donors (Lipinski definition) is 1. The van der Waals surface area contributed by atoms with Gasteiger partial charge in [0.15, 0.2) is 0 Å². The van der Waals surface area contributed by atoms with Crippen LogP contribution in [-0.4, -0.2) is 25.1 Å². The summed E-state index contributed by atoms with van der Waals surface area (Å²) in [7, 11) is 1.99. The quantitative estimate of drug-likeness (QED) is 0.672. The van der Waals surface area contributed by atoms with E-state index in [9.17, 15) is 0 Å². The van der Waals surface area contributed by atoms with Crippen molar-refractivity contribution in [3.63, 3.8) is 0 Å². The second kappa shape index (κ2) is 30.2. The lowest BCUT2D eigenvalue weighted by Gasteiger charge is -1.95. The Bertz CT molecular complexity index is 34.8. The van der Waals surface area contributed by atoms with Crippen molar-refractivity contribution in [3.8, 4) is 0 Å². The molecule has 0 radical (unpaired) electrons. The highest BCUT2D eigenvalue weighted by Crippen LogP contribution is 1.98. The number of nitrogens with one attached hydrogen (secondary N) is 1. The van der Waals surface area contributed by atoms with E-state index in [0.29, 0.717) is 0 Å². The fraction of sp³-hybridized carbons (Fsp3) is 1.00. The van der Waals surface area contributed by atoms with Crippen molar-refractivity contribution >= 4 is 11.8 Å². The van der Waals surface area contributed by atoms with Crippen molar-refractivity contribution in [2.75, 3.05) is 25.1 Å². The molecule has 2 heteroatoms. The van der Waals surface area contributed by atoms with Gasteiger partial charge in [0.05, 0.1) is 0 Å². The minimum atomic E-state index is 1.14. The molecule has 0 aliphatic carbocycles. The van der Waals surface area contributed by atoms with E-state index in [0.717, 1.165) is 6.54 Å². The summed E-state index contributed by atoms with van der Waals surface area (Å²) >= 11 is 2.02. The van der Waals surface area contributed by atoms with Gasteiger partial charge in [0, 0.05) is 12.3 Å². The van der Waals surface area contributed by atoms with E-state index in [2.05, 4.69) is 12.2 Å². The zero-order valence-corrected chi connectivity index (χ0v) is 10.6. The van der Waals surface area contributed by atoms with Crippen LogP contribution in [-0.2, 0) is 0 Å². The van der Waals surface area contributed by atoms with Crippen LogP contribution in [0.4, 0.5) is 0 Å². The van der Waals surface area contributed by atoms with Crippen molar-refractivity contribution in [2.24, 2.45) is 0 Å². The Morgan fingerprint density at radius 1 is 1.00 bits per heavy atom. The summed E-state index contributed by atoms with van der Waals surface area (Å²) in [6, 6.07) is 0. The van der Waals surface area contributed by atoms with Crippen molar-refractivity contribution in [1.82, 2.24) is 5.32 Å². The zero-order chi connectivity index (χ0) is 10.2. The summed E-state index contributed by atoms with van der Waals surface area (Å²) in [6.45, 7) is 11.4. The van der Waals surface area contributed by atoms with E-state index in [1.807, 2.05) is 46.5 Å². The van der Waals surface area contributed by atoms with Gasteiger partial charge in [-0.1, -0.05) is 34.6 Å². The van der Waals surface area contributed by atoms with Crippen LogP contribution in [0.15, 0.2) is 0 Å². The van der Waals surface area contributed by atoms with Crippen molar-refractivity contribution in [3.05, 3.63) is 0 Å². The van der Waals surface area contributed by atoms with Gasteiger partial charge in [-0.2, -0.15) is 11.8 Å². The highest BCUT2D eigenvalue weighted by atomic mass is 32.2. The lowest BCUT2D eigenvalue weighted by Crippen LogP contribution is -2.09. The molecule has 1 nitrogen and oxygen atoms in total. The standard InChI is InChI=1S/C6H15NS.2C2H6/c1-3-5-8-6-4-7-2;2*1-2/h7H,3-6H2,1-2H3;2*1-2H3. The van der Waals surface area contributed by atoms with Gasteiger partial charge < -0.3 is 5.32 Å². The van der Waals surface area contributed by atoms with E-state index < -0.39 is 0 Å². The molecule has 0 fully saturated rings. The minimum absolute atomic E-state index is 1.14.